The van der Waals surface area contributed by atoms with Gasteiger partial charge in [0.2, 0.25) is 0 Å². The Morgan fingerprint density at radius 1 is 1.12 bits per heavy atom. The molecule has 7 nitrogen and oxygen atoms in total. The maximum atomic E-state index is 10.7. The molecule has 0 atom stereocenters. The Labute approximate surface area is 144 Å². The minimum atomic E-state index is -1.05. The minimum absolute atomic E-state index is 0.366. The number of ether oxygens (including phenoxy) is 3. The highest BCUT2D eigenvalue weighted by Crippen LogP contribution is 2.34. The molecule has 25 heavy (non-hydrogen) atoms. The van der Waals surface area contributed by atoms with E-state index in [1.165, 1.54) is 7.11 Å². The zero-order valence-electron chi connectivity index (χ0n) is 14.1. The summed E-state index contributed by atoms with van der Waals surface area (Å²) in [6.07, 6.45) is 0. The van der Waals surface area contributed by atoms with Crippen molar-refractivity contribution >= 4 is 17.0 Å². The van der Waals surface area contributed by atoms with Crippen molar-refractivity contribution in [3.05, 3.63) is 36.4 Å². The van der Waals surface area contributed by atoms with Gasteiger partial charge in [-0.25, -0.2) is 9.78 Å². The van der Waals surface area contributed by atoms with Crippen LogP contribution < -0.4 is 14.2 Å². The van der Waals surface area contributed by atoms with E-state index in [4.69, 9.17) is 19.3 Å². The van der Waals surface area contributed by atoms with Crippen molar-refractivity contribution in [1.29, 1.82) is 0 Å². The van der Waals surface area contributed by atoms with Crippen molar-refractivity contribution in [3.8, 4) is 28.6 Å². The summed E-state index contributed by atoms with van der Waals surface area (Å²) in [7, 11) is 5.04. The SMILES string of the molecule is COc1cc(-c2nc3c(OC)cccc3n2C)ccc1OCC(=O)O. The first-order chi connectivity index (χ1) is 12.0. The highest BCUT2D eigenvalue weighted by molar-refractivity contribution is 5.86. The van der Waals surface area contributed by atoms with E-state index in [0.29, 0.717) is 17.2 Å². The number of aromatic nitrogens is 2. The molecule has 3 rings (SSSR count). The summed E-state index contributed by atoms with van der Waals surface area (Å²) in [5, 5.41) is 8.75. The van der Waals surface area contributed by atoms with Gasteiger partial charge in [0.05, 0.1) is 19.7 Å². The van der Waals surface area contributed by atoms with Gasteiger partial charge in [-0.2, -0.15) is 0 Å². The number of hydrogen-bond acceptors (Lipinski definition) is 5. The van der Waals surface area contributed by atoms with E-state index in [1.54, 1.807) is 19.2 Å². The lowest BCUT2D eigenvalue weighted by Crippen LogP contribution is -2.10. The molecule has 0 amide bonds. The molecule has 0 spiro atoms. The zero-order chi connectivity index (χ0) is 18.0. The molecule has 0 fully saturated rings. The third-order valence-electron chi connectivity index (χ3n) is 3.87. The van der Waals surface area contributed by atoms with Crippen LogP contribution in [0.15, 0.2) is 36.4 Å². The number of aryl methyl sites for hydroxylation is 1. The lowest BCUT2D eigenvalue weighted by atomic mass is 10.2. The van der Waals surface area contributed by atoms with Gasteiger partial charge in [-0.05, 0) is 30.3 Å². The molecule has 1 N–H and O–H groups in total. The van der Waals surface area contributed by atoms with Gasteiger partial charge >= 0.3 is 5.97 Å². The van der Waals surface area contributed by atoms with Gasteiger partial charge in [0, 0.05) is 12.6 Å². The first-order valence-corrected chi connectivity index (χ1v) is 7.57. The fourth-order valence-corrected chi connectivity index (χ4v) is 2.68. The maximum Gasteiger partial charge on any atom is 0.341 e. The van der Waals surface area contributed by atoms with E-state index in [1.807, 2.05) is 35.9 Å². The van der Waals surface area contributed by atoms with Crippen LogP contribution in [0.4, 0.5) is 0 Å². The van der Waals surface area contributed by atoms with E-state index in [-0.39, 0.29) is 0 Å². The number of carboxylic acids is 1. The van der Waals surface area contributed by atoms with Crippen molar-refractivity contribution in [3.63, 3.8) is 0 Å². The lowest BCUT2D eigenvalue weighted by molar-refractivity contribution is -0.139. The van der Waals surface area contributed by atoms with Crippen LogP contribution >= 0.6 is 0 Å². The minimum Gasteiger partial charge on any atom is -0.494 e. The Balaban J connectivity index is 2.06. The van der Waals surface area contributed by atoms with Gasteiger partial charge < -0.3 is 23.9 Å². The molecule has 1 heterocycles. The smallest absolute Gasteiger partial charge is 0.341 e. The quantitative estimate of drug-likeness (QED) is 0.742. The number of methoxy groups -OCH3 is 2. The van der Waals surface area contributed by atoms with Gasteiger partial charge in [-0.15, -0.1) is 0 Å². The van der Waals surface area contributed by atoms with Crippen molar-refractivity contribution in [2.75, 3.05) is 20.8 Å². The van der Waals surface area contributed by atoms with E-state index in [9.17, 15) is 4.79 Å². The molecule has 1 aromatic heterocycles. The van der Waals surface area contributed by atoms with Crippen LogP contribution in [0.3, 0.4) is 0 Å². The number of nitrogens with zero attached hydrogens (tertiary/aromatic N) is 2. The zero-order valence-corrected chi connectivity index (χ0v) is 14.1. The van der Waals surface area contributed by atoms with Gasteiger partial charge in [0.25, 0.3) is 0 Å². The number of hydrogen-bond donors (Lipinski definition) is 1. The van der Waals surface area contributed by atoms with Gasteiger partial charge in [0.15, 0.2) is 18.1 Å². The van der Waals surface area contributed by atoms with Crippen LogP contribution in [0.2, 0.25) is 0 Å². The molecule has 0 unspecified atom stereocenters. The first-order valence-electron chi connectivity index (χ1n) is 7.57. The summed E-state index contributed by atoms with van der Waals surface area (Å²) < 4.78 is 17.9. The Morgan fingerprint density at radius 3 is 2.56 bits per heavy atom. The van der Waals surface area contributed by atoms with E-state index >= 15 is 0 Å². The molecule has 7 heteroatoms. The number of para-hydroxylation sites is 1. The van der Waals surface area contributed by atoms with Crippen LogP contribution in [0, 0.1) is 0 Å². The van der Waals surface area contributed by atoms with Gasteiger partial charge in [-0.1, -0.05) is 6.07 Å². The number of carboxylic acid groups (broad SMARTS) is 1. The molecule has 0 saturated heterocycles. The molecule has 3 aromatic rings. The summed E-state index contributed by atoms with van der Waals surface area (Å²) in [6, 6.07) is 11.0. The Hall–Kier alpha value is -3.22. The van der Waals surface area contributed by atoms with Crippen LogP contribution in [0.25, 0.3) is 22.4 Å². The predicted octanol–water partition coefficient (Wildman–Crippen LogP) is 2.72. The second kappa shape index (κ2) is 6.72. The van der Waals surface area contributed by atoms with Gasteiger partial charge in [-0.3, -0.25) is 0 Å². The molecule has 0 aliphatic heterocycles. The largest absolute Gasteiger partial charge is 0.494 e. The molecule has 0 bridgehead atoms. The number of aliphatic carboxylic acids is 1. The Morgan fingerprint density at radius 2 is 1.88 bits per heavy atom. The molecule has 2 aromatic carbocycles. The average molecular weight is 342 g/mol. The molecular weight excluding hydrogens is 324 g/mol. The molecule has 0 radical (unpaired) electrons. The second-order valence-corrected chi connectivity index (χ2v) is 5.37. The summed E-state index contributed by atoms with van der Waals surface area (Å²) >= 11 is 0. The third kappa shape index (κ3) is 3.08. The number of imidazole rings is 1. The van der Waals surface area contributed by atoms with E-state index < -0.39 is 12.6 Å². The number of rotatable bonds is 6. The average Bonchev–Trinajstić information content (AvgIpc) is 2.96. The number of carbonyl (C=O) groups is 1. The topological polar surface area (TPSA) is 82.8 Å². The molecule has 0 aliphatic rings. The lowest BCUT2D eigenvalue weighted by Gasteiger charge is -2.11. The third-order valence-corrected chi connectivity index (χ3v) is 3.87. The van der Waals surface area contributed by atoms with Crippen molar-refractivity contribution in [1.82, 2.24) is 9.55 Å². The second-order valence-electron chi connectivity index (χ2n) is 5.37. The number of fused-ring (bicyclic) bond motifs is 1. The Kier molecular flexibility index (Phi) is 4.47. The van der Waals surface area contributed by atoms with E-state index in [0.717, 1.165) is 22.4 Å². The normalized spacial score (nSPS) is 10.7. The van der Waals surface area contributed by atoms with Crippen LogP contribution in [0.5, 0.6) is 17.2 Å². The Bertz CT molecular complexity index is 933. The summed E-state index contributed by atoms with van der Waals surface area (Å²) in [6.45, 7) is -0.431. The fraction of sp³-hybridized carbons (Fsp3) is 0.222. The van der Waals surface area contributed by atoms with E-state index in [2.05, 4.69) is 4.98 Å². The maximum absolute atomic E-state index is 10.7. The summed E-state index contributed by atoms with van der Waals surface area (Å²) in [5.41, 5.74) is 2.53. The predicted molar refractivity (Wildman–Crippen MR) is 92.4 cm³/mol. The van der Waals surface area contributed by atoms with Crippen LogP contribution in [-0.4, -0.2) is 41.5 Å². The van der Waals surface area contributed by atoms with Crippen molar-refractivity contribution < 1.29 is 24.1 Å². The summed E-state index contributed by atoms with van der Waals surface area (Å²) in [4.78, 5) is 15.4. The molecular formula is C18H18N2O5. The van der Waals surface area contributed by atoms with Crippen molar-refractivity contribution in [2.45, 2.75) is 0 Å². The number of benzene rings is 2. The first kappa shape index (κ1) is 16.6. The molecule has 0 saturated carbocycles. The van der Waals surface area contributed by atoms with Crippen molar-refractivity contribution in [2.24, 2.45) is 7.05 Å². The summed E-state index contributed by atoms with van der Waals surface area (Å²) in [5.74, 6) is 1.20. The highest BCUT2D eigenvalue weighted by atomic mass is 16.5. The fourth-order valence-electron chi connectivity index (χ4n) is 2.68. The standard InChI is InChI=1S/C18H18N2O5/c1-20-12-5-4-6-14(23-2)17(12)19-18(20)11-7-8-13(15(9-11)24-3)25-10-16(21)22/h4-9H,10H2,1-3H3,(H,21,22). The van der Waals surface area contributed by atoms with Crippen LogP contribution in [-0.2, 0) is 11.8 Å². The monoisotopic (exact) mass is 342 g/mol. The highest BCUT2D eigenvalue weighted by Gasteiger charge is 2.15. The van der Waals surface area contributed by atoms with Crippen LogP contribution in [0.1, 0.15) is 0 Å². The van der Waals surface area contributed by atoms with Gasteiger partial charge in [0.1, 0.15) is 17.1 Å². The molecule has 130 valence electrons. The molecule has 0 aliphatic carbocycles.